The van der Waals surface area contributed by atoms with Crippen molar-refractivity contribution in [2.24, 2.45) is 7.05 Å². The molecule has 1 N–H and O–H groups in total. The molecular formula is C13H12ClNO4. The van der Waals surface area contributed by atoms with Gasteiger partial charge in [-0.05, 0) is 19.1 Å². The number of benzene rings is 1. The second-order valence-electron chi connectivity index (χ2n) is 4.14. The Balaban J connectivity index is 3.16. The van der Waals surface area contributed by atoms with Gasteiger partial charge in [0.05, 0.1) is 23.0 Å². The molecule has 6 heteroatoms. The molecule has 0 aliphatic heterocycles. The van der Waals surface area contributed by atoms with Gasteiger partial charge >= 0.3 is 5.97 Å². The van der Waals surface area contributed by atoms with E-state index in [4.69, 9.17) is 16.3 Å². The smallest absolute Gasteiger partial charge is 0.352 e. The fourth-order valence-corrected chi connectivity index (χ4v) is 2.46. The van der Waals surface area contributed by atoms with E-state index in [0.717, 1.165) is 0 Å². The average Bonchev–Trinajstić information content (AvgIpc) is 2.35. The predicted octanol–water partition coefficient (Wildman–Crippen LogP) is 2.21. The molecular weight excluding hydrogens is 270 g/mol. The molecule has 0 atom stereocenters. The summed E-state index contributed by atoms with van der Waals surface area (Å²) in [6, 6.07) is 3.16. The maximum Gasteiger partial charge on any atom is 0.352 e. The molecule has 2 rings (SSSR count). The number of aryl methyl sites for hydroxylation is 1. The molecule has 0 fully saturated rings. The number of carboxylic acid groups (broad SMARTS) is 1. The van der Waals surface area contributed by atoms with Crippen molar-refractivity contribution in [3.8, 4) is 5.75 Å². The van der Waals surface area contributed by atoms with Gasteiger partial charge in [0, 0.05) is 12.6 Å². The van der Waals surface area contributed by atoms with Crippen LogP contribution >= 0.6 is 11.6 Å². The highest BCUT2D eigenvalue weighted by atomic mass is 35.5. The van der Waals surface area contributed by atoms with Gasteiger partial charge in [-0.3, -0.25) is 4.79 Å². The van der Waals surface area contributed by atoms with Crippen molar-refractivity contribution in [2.75, 3.05) is 7.11 Å². The molecule has 0 unspecified atom stereocenters. The first-order valence-electron chi connectivity index (χ1n) is 5.49. The molecule has 2 aromatic rings. The minimum absolute atomic E-state index is 0.0712. The lowest BCUT2D eigenvalue weighted by molar-refractivity contribution is 0.0685. The Kier molecular flexibility index (Phi) is 3.24. The van der Waals surface area contributed by atoms with Crippen LogP contribution in [-0.4, -0.2) is 22.8 Å². The molecule has 0 aliphatic carbocycles. The molecule has 5 nitrogen and oxygen atoms in total. The highest BCUT2D eigenvalue weighted by Crippen LogP contribution is 2.30. The quantitative estimate of drug-likeness (QED) is 0.916. The van der Waals surface area contributed by atoms with Crippen molar-refractivity contribution in [3.05, 3.63) is 38.6 Å². The van der Waals surface area contributed by atoms with Crippen LogP contribution in [0.1, 0.15) is 16.1 Å². The lowest BCUT2D eigenvalue weighted by Gasteiger charge is -2.15. The van der Waals surface area contributed by atoms with E-state index >= 15 is 0 Å². The minimum Gasteiger partial charge on any atom is -0.495 e. The van der Waals surface area contributed by atoms with E-state index in [1.165, 1.54) is 18.6 Å². The number of rotatable bonds is 2. The third-order valence-corrected chi connectivity index (χ3v) is 3.42. The molecule has 0 saturated heterocycles. The molecule has 19 heavy (non-hydrogen) atoms. The zero-order valence-electron chi connectivity index (χ0n) is 10.7. The van der Waals surface area contributed by atoms with E-state index in [2.05, 4.69) is 0 Å². The minimum atomic E-state index is -1.17. The summed E-state index contributed by atoms with van der Waals surface area (Å²) in [5.74, 6) is -0.762. The number of pyridine rings is 1. The lowest BCUT2D eigenvalue weighted by Crippen LogP contribution is -2.21. The van der Waals surface area contributed by atoms with Gasteiger partial charge in [-0.2, -0.15) is 0 Å². The van der Waals surface area contributed by atoms with E-state index in [9.17, 15) is 14.7 Å². The van der Waals surface area contributed by atoms with E-state index in [0.29, 0.717) is 11.3 Å². The first kappa shape index (κ1) is 13.4. The van der Waals surface area contributed by atoms with Gasteiger partial charge in [-0.1, -0.05) is 11.6 Å². The monoisotopic (exact) mass is 281 g/mol. The van der Waals surface area contributed by atoms with Gasteiger partial charge in [0.1, 0.15) is 11.4 Å². The van der Waals surface area contributed by atoms with E-state index < -0.39 is 11.4 Å². The summed E-state index contributed by atoms with van der Waals surface area (Å²) in [5, 5.41) is 9.77. The third kappa shape index (κ3) is 1.86. The average molecular weight is 282 g/mol. The molecule has 0 aliphatic rings. The Labute approximate surface area is 114 Å². The zero-order valence-corrected chi connectivity index (χ0v) is 11.4. The van der Waals surface area contributed by atoms with Crippen LogP contribution in [0.2, 0.25) is 5.02 Å². The fourth-order valence-electron chi connectivity index (χ4n) is 2.22. The van der Waals surface area contributed by atoms with Crippen LogP contribution < -0.4 is 10.2 Å². The summed E-state index contributed by atoms with van der Waals surface area (Å²) in [5.41, 5.74) is 0.0631. The van der Waals surface area contributed by atoms with Crippen LogP contribution in [0.3, 0.4) is 0 Å². The summed E-state index contributed by atoms with van der Waals surface area (Å²) in [4.78, 5) is 23.6. The van der Waals surface area contributed by atoms with Gasteiger partial charge in [0.2, 0.25) is 0 Å². The summed E-state index contributed by atoms with van der Waals surface area (Å²) in [6.45, 7) is 1.47. The molecule has 0 radical (unpaired) electrons. The Bertz CT molecular complexity index is 749. The number of hydrogen-bond acceptors (Lipinski definition) is 3. The Morgan fingerprint density at radius 3 is 2.58 bits per heavy atom. The van der Waals surface area contributed by atoms with E-state index in [1.807, 2.05) is 0 Å². The van der Waals surface area contributed by atoms with E-state index in [1.54, 1.807) is 19.2 Å². The van der Waals surface area contributed by atoms with Gasteiger partial charge < -0.3 is 14.4 Å². The second-order valence-corrected chi connectivity index (χ2v) is 4.55. The molecule has 1 heterocycles. The molecule has 100 valence electrons. The number of fused-ring (bicyclic) bond motifs is 1. The molecule has 0 amide bonds. The van der Waals surface area contributed by atoms with Crippen molar-refractivity contribution < 1.29 is 14.6 Å². The first-order valence-corrected chi connectivity index (χ1v) is 5.87. The standard InChI is InChI=1S/C13H12ClNO4/c1-6-10(13(17)18)15(2)11-8(19-3)5-4-7(14)9(11)12(6)16/h4-5H,1-3H3,(H,17,18). The van der Waals surface area contributed by atoms with Crippen LogP contribution in [-0.2, 0) is 7.05 Å². The van der Waals surface area contributed by atoms with Crippen LogP contribution in [0.4, 0.5) is 0 Å². The summed E-state index contributed by atoms with van der Waals surface area (Å²) in [6.07, 6.45) is 0. The van der Waals surface area contributed by atoms with Gasteiger partial charge in [-0.15, -0.1) is 0 Å². The topological polar surface area (TPSA) is 68.5 Å². The summed E-state index contributed by atoms with van der Waals surface area (Å²) < 4.78 is 6.60. The van der Waals surface area contributed by atoms with Gasteiger partial charge in [0.15, 0.2) is 5.43 Å². The predicted molar refractivity (Wildman–Crippen MR) is 72.4 cm³/mol. The van der Waals surface area contributed by atoms with Crippen molar-refractivity contribution in [3.63, 3.8) is 0 Å². The SMILES string of the molecule is COc1ccc(Cl)c2c(=O)c(C)c(C(=O)O)n(C)c12. The molecule has 1 aromatic carbocycles. The third-order valence-electron chi connectivity index (χ3n) is 3.11. The van der Waals surface area contributed by atoms with Crippen molar-refractivity contribution in [2.45, 2.75) is 6.92 Å². The highest BCUT2D eigenvalue weighted by Gasteiger charge is 2.21. The van der Waals surface area contributed by atoms with Gasteiger partial charge in [-0.25, -0.2) is 4.79 Å². The van der Waals surface area contributed by atoms with Crippen LogP contribution in [0, 0.1) is 6.92 Å². The maximum absolute atomic E-state index is 12.3. The van der Waals surface area contributed by atoms with Crippen LogP contribution in [0.5, 0.6) is 5.75 Å². The number of ether oxygens (including phenoxy) is 1. The number of aromatic nitrogens is 1. The number of carbonyl (C=O) groups is 1. The molecule has 0 spiro atoms. The van der Waals surface area contributed by atoms with Gasteiger partial charge in [0.25, 0.3) is 0 Å². The van der Waals surface area contributed by atoms with E-state index in [-0.39, 0.29) is 21.7 Å². The molecule has 1 aromatic heterocycles. The van der Waals surface area contributed by atoms with Crippen molar-refractivity contribution in [1.29, 1.82) is 0 Å². The van der Waals surface area contributed by atoms with Crippen LogP contribution in [0.25, 0.3) is 10.9 Å². The second kappa shape index (κ2) is 4.59. The number of aromatic carboxylic acids is 1. The van der Waals surface area contributed by atoms with Crippen LogP contribution in [0.15, 0.2) is 16.9 Å². The number of halogens is 1. The normalized spacial score (nSPS) is 10.7. The summed E-state index contributed by atoms with van der Waals surface area (Å²) in [7, 11) is 3.02. The Morgan fingerprint density at radius 2 is 2.05 bits per heavy atom. The fraction of sp³-hybridized carbons (Fsp3) is 0.231. The highest BCUT2D eigenvalue weighted by molar-refractivity contribution is 6.35. The Hall–Kier alpha value is -2.01. The molecule has 0 saturated carbocycles. The van der Waals surface area contributed by atoms with Crippen molar-refractivity contribution >= 4 is 28.5 Å². The Morgan fingerprint density at radius 1 is 1.42 bits per heavy atom. The lowest BCUT2D eigenvalue weighted by atomic mass is 10.1. The molecule has 0 bridgehead atoms. The summed E-state index contributed by atoms with van der Waals surface area (Å²) >= 11 is 6.05. The van der Waals surface area contributed by atoms with Crippen molar-refractivity contribution in [1.82, 2.24) is 4.57 Å². The maximum atomic E-state index is 12.3. The largest absolute Gasteiger partial charge is 0.495 e. The zero-order chi connectivity index (χ0) is 14.3. The number of methoxy groups -OCH3 is 1. The number of carboxylic acids is 1. The number of hydrogen-bond donors (Lipinski definition) is 1. The number of nitrogens with zero attached hydrogens (tertiary/aromatic N) is 1. The first-order chi connectivity index (χ1) is 8.90.